The van der Waals surface area contributed by atoms with Gasteiger partial charge >= 0.3 is 0 Å². The number of sulfonamides is 1. The summed E-state index contributed by atoms with van der Waals surface area (Å²) in [5.41, 5.74) is 0. The van der Waals surface area contributed by atoms with Gasteiger partial charge in [0, 0.05) is 43.7 Å². The number of piperidine rings is 1. The van der Waals surface area contributed by atoms with Crippen LogP contribution in [-0.4, -0.2) is 74.2 Å². The summed E-state index contributed by atoms with van der Waals surface area (Å²) in [5.74, 6) is 1.21. The molecule has 9 heteroatoms. The lowest BCUT2D eigenvalue weighted by Crippen LogP contribution is -2.52. The molecule has 2 fully saturated rings. The van der Waals surface area contributed by atoms with E-state index in [2.05, 4.69) is 29.8 Å². The minimum atomic E-state index is -3.64. The Kier molecular flexibility index (Phi) is 7.08. The number of carbonyl (C=O) groups is 1. The number of halogens is 2. The predicted molar refractivity (Wildman–Crippen MR) is 114 cm³/mol. The van der Waals surface area contributed by atoms with Crippen molar-refractivity contribution in [1.82, 2.24) is 14.1 Å². The molecule has 0 aromatic heterocycles. The molecule has 2 aliphatic heterocycles. The highest BCUT2D eigenvalue weighted by Crippen LogP contribution is 2.28. The molecule has 3 rings (SSSR count). The van der Waals surface area contributed by atoms with Crippen LogP contribution in [0, 0.1) is 11.8 Å². The zero-order chi connectivity index (χ0) is 20.5. The quantitative estimate of drug-likeness (QED) is 0.648. The molecule has 1 aromatic carbocycles. The average Bonchev–Trinajstić information content (AvgIpc) is 2.61. The van der Waals surface area contributed by atoms with Gasteiger partial charge in [-0.3, -0.25) is 9.69 Å². The van der Waals surface area contributed by atoms with E-state index in [-0.39, 0.29) is 15.8 Å². The first kappa shape index (κ1) is 22.0. The molecular formula is C19H27BrClN3O3S. The van der Waals surface area contributed by atoms with Crippen molar-refractivity contribution in [1.29, 1.82) is 0 Å². The van der Waals surface area contributed by atoms with Gasteiger partial charge in [0.25, 0.3) is 0 Å². The maximum Gasteiger partial charge on any atom is 0.244 e. The Balaban J connectivity index is 1.57. The summed E-state index contributed by atoms with van der Waals surface area (Å²) in [4.78, 5) is 16.8. The summed E-state index contributed by atoms with van der Waals surface area (Å²) >= 11 is 9.44. The second kappa shape index (κ2) is 9.00. The third-order valence-electron chi connectivity index (χ3n) is 5.42. The van der Waals surface area contributed by atoms with Crippen LogP contribution in [0.3, 0.4) is 0 Å². The van der Waals surface area contributed by atoms with Crippen molar-refractivity contribution >= 4 is 43.5 Å². The zero-order valence-electron chi connectivity index (χ0n) is 16.3. The molecule has 0 saturated carbocycles. The third-order valence-corrected chi connectivity index (χ3v) is 8.30. The maximum atomic E-state index is 12.9. The van der Waals surface area contributed by atoms with Gasteiger partial charge in [0.15, 0.2) is 0 Å². The van der Waals surface area contributed by atoms with Crippen LogP contribution in [0.2, 0.25) is 5.02 Å². The van der Waals surface area contributed by atoms with Crippen molar-refractivity contribution in [2.24, 2.45) is 11.8 Å². The Morgan fingerprint density at radius 1 is 1.14 bits per heavy atom. The SMILES string of the molecule is CC1CC(C)CN(C(=O)CN2CCN(S(=O)(=O)c3ccc(Br)cc3Cl)CC2)C1. The molecule has 1 amide bonds. The lowest BCUT2D eigenvalue weighted by atomic mass is 9.92. The van der Waals surface area contributed by atoms with Crippen LogP contribution in [0.5, 0.6) is 0 Å². The second-order valence-electron chi connectivity index (χ2n) is 8.00. The highest BCUT2D eigenvalue weighted by atomic mass is 79.9. The van der Waals surface area contributed by atoms with E-state index in [1.807, 2.05) is 9.80 Å². The van der Waals surface area contributed by atoms with E-state index in [0.717, 1.165) is 17.6 Å². The van der Waals surface area contributed by atoms with Crippen molar-refractivity contribution in [3.63, 3.8) is 0 Å². The number of hydrogen-bond donors (Lipinski definition) is 0. The third kappa shape index (κ3) is 5.08. The monoisotopic (exact) mass is 491 g/mol. The van der Waals surface area contributed by atoms with Crippen LogP contribution in [0.1, 0.15) is 20.3 Å². The van der Waals surface area contributed by atoms with Gasteiger partial charge in [0.2, 0.25) is 15.9 Å². The van der Waals surface area contributed by atoms with Gasteiger partial charge in [-0.15, -0.1) is 0 Å². The summed E-state index contributed by atoms with van der Waals surface area (Å²) in [7, 11) is -3.64. The molecule has 0 aliphatic carbocycles. The van der Waals surface area contributed by atoms with Crippen LogP contribution >= 0.6 is 27.5 Å². The minimum absolute atomic E-state index is 0.123. The fourth-order valence-electron chi connectivity index (χ4n) is 4.11. The van der Waals surface area contributed by atoms with E-state index in [9.17, 15) is 13.2 Å². The summed E-state index contributed by atoms with van der Waals surface area (Å²) < 4.78 is 28.0. The molecule has 2 saturated heterocycles. The van der Waals surface area contributed by atoms with Gasteiger partial charge in [0.05, 0.1) is 11.6 Å². The summed E-state index contributed by atoms with van der Waals surface area (Å²) in [6.07, 6.45) is 1.17. The van der Waals surface area contributed by atoms with Crippen molar-refractivity contribution in [3.8, 4) is 0 Å². The number of amides is 1. The van der Waals surface area contributed by atoms with E-state index in [0.29, 0.717) is 44.6 Å². The number of likely N-dealkylation sites (tertiary alicyclic amines) is 1. The Hall–Kier alpha value is -0.670. The first-order valence-electron chi connectivity index (χ1n) is 9.62. The van der Waals surface area contributed by atoms with E-state index < -0.39 is 10.0 Å². The van der Waals surface area contributed by atoms with Gasteiger partial charge < -0.3 is 4.90 Å². The molecule has 0 spiro atoms. The molecular weight excluding hydrogens is 466 g/mol. The topological polar surface area (TPSA) is 60.9 Å². The van der Waals surface area contributed by atoms with Crippen LogP contribution in [-0.2, 0) is 14.8 Å². The van der Waals surface area contributed by atoms with Gasteiger partial charge in [-0.1, -0.05) is 41.4 Å². The number of piperazine rings is 1. The van der Waals surface area contributed by atoms with Crippen LogP contribution < -0.4 is 0 Å². The van der Waals surface area contributed by atoms with Gasteiger partial charge in [0.1, 0.15) is 4.90 Å². The Morgan fingerprint density at radius 2 is 1.75 bits per heavy atom. The van der Waals surface area contributed by atoms with Gasteiger partial charge in [-0.2, -0.15) is 4.31 Å². The molecule has 156 valence electrons. The molecule has 1 aromatic rings. The number of nitrogens with zero attached hydrogens (tertiary/aromatic N) is 3. The number of rotatable bonds is 4. The number of hydrogen-bond acceptors (Lipinski definition) is 4. The molecule has 2 atom stereocenters. The molecule has 0 radical (unpaired) electrons. The summed E-state index contributed by atoms with van der Waals surface area (Å²) in [6, 6.07) is 4.79. The number of carbonyl (C=O) groups excluding carboxylic acids is 1. The van der Waals surface area contributed by atoms with Crippen LogP contribution in [0.4, 0.5) is 0 Å². The zero-order valence-corrected chi connectivity index (χ0v) is 19.4. The fraction of sp³-hybridized carbons (Fsp3) is 0.632. The van der Waals surface area contributed by atoms with Crippen molar-refractivity contribution in [2.75, 3.05) is 45.8 Å². The normalized spacial score (nSPS) is 25.1. The van der Waals surface area contributed by atoms with Crippen molar-refractivity contribution in [2.45, 2.75) is 25.2 Å². The largest absolute Gasteiger partial charge is 0.341 e. The van der Waals surface area contributed by atoms with E-state index in [1.165, 1.54) is 16.8 Å². The lowest BCUT2D eigenvalue weighted by molar-refractivity contribution is -0.135. The second-order valence-corrected chi connectivity index (χ2v) is 11.2. The lowest BCUT2D eigenvalue weighted by Gasteiger charge is -2.38. The molecule has 2 aliphatic rings. The van der Waals surface area contributed by atoms with E-state index in [4.69, 9.17) is 11.6 Å². The molecule has 6 nitrogen and oxygen atoms in total. The molecule has 0 bridgehead atoms. The Labute approximate surface area is 181 Å². The van der Waals surface area contributed by atoms with Crippen molar-refractivity contribution < 1.29 is 13.2 Å². The first-order valence-corrected chi connectivity index (χ1v) is 12.2. The average molecular weight is 493 g/mol. The first-order chi connectivity index (χ1) is 13.2. The predicted octanol–water partition coefficient (Wildman–Crippen LogP) is 2.91. The molecule has 2 unspecified atom stereocenters. The standard InChI is InChI=1S/C19H27BrClN3O3S/c1-14-9-15(2)12-23(11-14)19(25)13-22-5-7-24(8-6-22)28(26,27)18-4-3-16(20)10-17(18)21/h3-4,10,14-15H,5-9,11-13H2,1-2H3. The van der Waals surface area contributed by atoms with Gasteiger partial charge in [-0.05, 0) is 36.5 Å². The van der Waals surface area contributed by atoms with E-state index >= 15 is 0 Å². The minimum Gasteiger partial charge on any atom is -0.341 e. The summed E-state index contributed by atoms with van der Waals surface area (Å²) in [5, 5.41) is 0.209. The highest BCUT2D eigenvalue weighted by Gasteiger charge is 2.32. The molecule has 28 heavy (non-hydrogen) atoms. The molecule has 2 heterocycles. The van der Waals surface area contributed by atoms with Crippen LogP contribution in [0.25, 0.3) is 0 Å². The smallest absolute Gasteiger partial charge is 0.244 e. The number of benzene rings is 1. The van der Waals surface area contributed by atoms with E-state index in [1.54, 1.807) is 12.1 Å². The maximum absolute atomic E-state index is 12.9. The highest BCUT2D eigenvalue weighted by molar-refractivity contribution is 9.10. The van der Waals surface area contributed by atoms with Crippen LogP contribution in [0.15, 0.2) is 27.6 Å². The fourth-order valence-corrected chi connectivity index (χ4v) is 6.54. The molecule has 0 N–H and O–H groups in total. The van der Waals surface area contributed by atoms with Gasteiger partial charge in [-0.25, -0.2) is 8.42 Å². The Bertz CT molecular complexity index is 818. The summed E-state index contributed by atoms with van der Waals surface area (Å²) in [6.45, 7) is 8.16. The van der Waals surface area contributed by atoms with Crippen molar-refractivity contribution in [3.05, 3.63) is 27.7 Å². The Morgan fingerprint density at radius 3 is 2.32 bits per heavy atom.